The minimum atomic E-state index is -0.133. The number of rotatable bonds is 6. The molecule has 0 aliphatic rings. The van der Waals surface area contributed by atoms with E-state index in [-0.39, 0.29) is 19.0 Å². The van der Waals surface area contributed by atoms with Gasteiger partial charge < -0.3 is 20.8 Å². The van der Waals surface area contributed by atoms with E-state index in [4.69, 9.17) is 33.0 Å². The quantitative estimate of drug-likeness (QED) is 0.439. The van der Waals surface area contributed by atoms with Crippen molar-refractivity contribution in [1.29, 1.82) is 5.41 Å². The zero-order chi connectivity index (χ0) is 12.8. The SMILES string of the molecule is N=C(N)c1c(Cl)cccc1N(CCO)CCO. The molecule has 0 atom stereocenters. The van der Waals surface area contributed by atoms with Gasteiger partial charge in [-0.15, -0.1) is 0 Å². The van der Waals surface area contributed by atoms with Crippen molar-refractivity contribution in [2.45, 2.75) is 0 Å². The fourth-order valence-corrected chi connectivity index (χ4v) is 1.91. The lowest BCUT2D eigenvalue weighted by Crippen LogP contribution is -2.32. The van der Waals surface area contributed by atoms with Crippen LogP contribution in [0.1, 0.15) is 5.56 Å². The van der Waals surface area contributed by atoms with Crippen LogP contribution in [0.25, 0.3) is 0 Å². The standard InChI is InChI=1S/C11H16ClN3O2/c12-8-2-1-3-9(10(8)11(13)14)15(4-6-16)5-7-17/h1-3,16-17H,4-7H2,(H3,13,14). The molecular weight excluding hydrogens is 242 g/mol. The van der Waals surface area contributed by atoms with Gasteiger partial charge in [-0.1, -0.05) is 17.7 Å². The second-order valence-electron chi connectivity index (χ2n) is 3.48. The van der Waals surface area contributed by atoms with Crippen LogP contribution in [0, 0.1) is 5.41 Å². The maximum Gasteiger partial charge on any atom is 0.126 e. The van der Waals surface area contributed by atoms with Gasteiger partial charge >= 0.3 is 0 Å². The lowest BCUT2D eigenvalue weighted by Gasteiger charge is -2.25. The van der Waals surface area contributed by atoms with E-state index < -0.39 is 0 Å². The number of hydrogen-bond donors (Lipinski definition) is 4. The predicted molar refractivity (Wildman–Crippen MR) is 68.9 cm³/mol. The number of aliphatic hydroxyl groups is 2. The average molecular weight is 258 g/mol. The average Bonchev–Trinajstić information content (AvgIpc) is 2.28. The van der Waals surface area contributed by atoms with E-state index >= 15 is 0 Å². The molecule has 5 N–H and O–H groups in total. The maximum atomic E-state index is 8.98. The van der Waals surface area contributed by atoms with E-state index in [1.165, 1.54) is 0 Å². The molecule has 0 aliphatic carbocycles. The first kappa shape index (κ1) is 13.8. The largest absolute Gasteiger partial charge is 0.395 e. The van der Waals surface area contributed by atoms with Gasteiger partial charge in [-0.2, -0.15) is 0 Å². The van der Waals surface area contributed by atoms with Gasteiger partial charge in [-0.25, -0.2) is 0 Å². The molecule has 6 heteroatoms. The van der Waals surface area contributed by atoms with E-state index in [0.29, 0.717) is 29.4 Å². The summed E-state index contributed by atoms with van der Waals surface area (Å²) in [4.78, 5) is 1.74. The van der Waals surface area contributed by atoms with E-state index in [1.807, 2.05) is 0 Å². The Morgan fingerprint density at radius 3 is 2.35 bits per heavy atom. The third-order valence-corrected chi connectivity index (χ3v) is 2.66. The molecule has 1 aromatic carbocycles. The van der Waals surface area contributed by atoms with Crippen molar-refractivity contribution >= 4 is 23.1 Å². The summed E-state index contributed by atoms with van der Waals surface area (Å²) in [7, 11) is 0. The van der Waals surface area contributed by atoms with Crippen LogP contribution in [0.2, 0.25) is 5.02 Å². The molecule has 0 saturated heterocycles. The smallest absolute Gasteiger partial charge is 0.126 e. The van der Waals surface area contributed by atoms with Crippen molar-refractivity contribution < 1.29 is 10.2 Å². The van der Waals surface area contributed by atoms with Crippen LogP contribution in [0.15, 0.2) is 18.2 Å². The highest BCUT2D eigenvalue weighted by Crippen LogP contribution is 2.26. The normalized spacial score (nSPS) is 10.3. The number of halogens is 1. The molecule has 1 aromatic rings. The van der Waals surface area contributed by atoms with Crippen molar-refractivity contribution in [1.82, 2.24) is 0 Å². The first-order chi connectivity index (χ1) is 8.11. The Balaban J connectivity index is 3.17. The van der Waals surface area contributed by atoms with Crippen LogP contribution in [0.3, 0.4) is 0 Å². The minimum Gasteiger partial charge on any atom is -0.395 e. The van der Waals surface area contributed by atoms with Crippen molar-refractivity contribution in [2.24, 2.45) is 5.73 Å². The fraction of sp³-hybridized carbons (Fsp3) is 0.364. The fourth-order valence-electron chi connectivity index (χ4n) is 1.64. The second kappa shape index (κ2) is 6.44. The minimum absolute atomic E-state index is 0.0517. The molecule has 1 rings (SSSR count). The highest BCUT2D eigenvalue weighted by atomic mass is 35.5. The Hall–Kier alpha value is -1.30. The molecule has 0 amide bonds. The maximum absolute atomic E-state index is 8.98. The zero-order valence-corrected chi connectivity index (χ0v) is 10.1. The first-order valence-electron chi connectivity index (χ1n) is 5.21. The molecule has 0 heterocycles. The number of nitrogens with zero attached hydrogens (tertiary/aromatic N) is 1. The highest BCUT2D eigenvalue weighted by Gasteiger charge is 2.15. The van der Waals surface area contributed by atoms with E-state index in [9.17, 15) is 0 Å². The topological polar surface area (TPSA) is 93.6 Å². The van der Waals surface area contributed by atoms with Crippen LogP contribution in [0.5, 0.6) is 0 Å². The van der Waals surface area contributed by atoms with Gasteiger partial charge in [0, 0.05) is 18.8 Å². The lowest BCUT2D eigenvalue weighted by molar-refractivity contribution is 0.281. The van der Waals surface area contributed by atoms with Crippen LogP contribution in [-0.4, -0.2) is 42.4 Å². The number of hydrogen-bond acceptors (Lipinski definition) is 4. The highest BCUT2D eigenvalue weighted by molar-refractivity contribution is 6.34. The summed E-state index contributed by atoms with van der Waals surface area (Å²) < 4.78 is 0. The molecule has 0 aliphatic heterocycles. The van der Waals surface area contributed by atoms with Gasteiger partial charge in [0.1, 0.15) is 5.84 Å². The van der Waals surface area contributed by atoms with Gasteiger partial charge in [0.05, 0.1) is 23.8 Å². The molecule has 0 fully saturated rings. The van der Waals surface area contributed by atoms with Gasteiger partial charge in [-0.3, -0.25) is 5.41 Å². The van der Waals surface area contributed by atoms with E-state index in [0.717, 1.165) is 0 Å². The van der Waals surface area contributed by atoms with Gasteiger partial charge in [0.15, 0.2) is 0 Å². The number of amidine groups is 1. The number of benzene rings is 1. The van der Waals surface area contributed by atoms with E-state index in [1.54, 1.807) is 23.1 Å². The third kappa shape index (κ3) is 3.33. The molecule has 0 unspecified atom stereocenters. The Labute approximate surface area is 105 Å². The summed E-state index contributed by atoms with van der Waals surface area (Å²) in [5.74, 6) is -0.133. The third-order valence-electron chi connectivity index (χ3n) is 2.34. The van der Waals surface area contributed by atoms with Crippen LogP contribution < -0.4 is 10.6 Å². The molecule has 0 bridgehead atoms. The molecule has 0 aromatic heterocycles. The van der Waals surface area contributed by atoms with Crippen LogP contribution in [-0.2, 0) is 0 Å². The molecule has 5 nitrogen and oxygen atoms in total. The summed E-state index contributed by atoms with van der Waals surface area (Å²) in [6, 6.07) is 5.15. The summed E-state index contributed by atoms with van der Waals surface area (Å²) in [5.41, 5.74) is 6.57. The Morgan fingerprint density at radius 1 is 1.29 bits per heavy atom. The van der Waals surface area contributed by atoms with Crippen molar-refractivity contribution in [3.8, 4) is 0 Å². The summed E-state index contributed by atoms with van der Waals surface area (Å²) in [5, 5.41) is 25.9. The van der Waals surface area contributed by atoms with Crippen LogP contribution in [0.4, 0.5) is 5.69 Å². The van der Waals surface area contributed by atoms with Crippen molar-refractivity contribution in [3.63, 3.8) is 0 Å². The summed E-state index contributed by atoms with van der Waals surface area (Å²) in [6.45, 7) is 0.593. The Kier molecular flexibility index (Phi) is 5.21. The number of nitrogens with two attached hydrogens (primary N) is 1. The van der Waals surface area contributed by atoms with Crippen LogP contribution >= 0.6 is 11.6 Å². The molecule has 17 heavy (non-hydrogen) atoms. The molecular formula is C11H16ClN3O2. The van der Waals surface area contributed by atoms with Gasteiger partial charge in [0.2, 0.25) is 0 Å². The lowest BCUT2D eigenvalue weighted by atomic mass is 10.1. The predicted octanol–water partition coefficient (Wildman–Crippen LogP) is 0.415. The molecule has 0 saturated carbocycles. The Bertz CT molecular complexity index is 392. The number of aliphatic hydroxyl groups excluding tert-OH is 2. The van der Waals surface area contributed by atoms with Gasteiger partial charge in [-0.05, 0) is 12.1 Å². The zero-order valence-electron chi connectivity index (χ0n) is 9.36. The van der Waals surface area contributed by atoms with E-state index in [2.05, 4.69) is 0 Å². The molecule has 94 valence electrons. The number of anilines is 1. The molecule has 0 spiro atoms. The second-order valence-corrected chi connectivity index (χ2v) is 3.89. The van der Waals surface area contributed by atoms with Crippen molar-refractivity contribution in [3.05, 3.63) is 28.8 Å². The number of nitrogen functional groups attached to an aromatic ring is 1. The molecule has 0 radical (unpaired) electrons. The number of nitrogens with one attached hydrogen (secondary N) is 1. The summed E-state index contributed by atoms with van der Waals surface area (Å²) >= 11 is 6.00. The van der Waals surface area contributed by atoms with Crippen molar-refractivity contribution in [2.75, 3.05) is 31.2 Å². The van der Waals surface area contributed by atoms with Gasteiger partial charge in [0.25, 0.3) is 0 Å². The first-order valence-corrected chi connectivity index (χ1v) is 5.59. The monoisotopic (exact) mass is 257 g/mol. The Morgan fingerprint density at radius 2 is 1.88 bits per heavy atom. The summed E-state index contributed by atoms with van der Waals surface area (Å²) in [6.07, 6.45) is 0.